The van der Waals surface area contributed by atoms with Crippen molar-refractivity contribution >= 4 is 5.91 Å². The Balaban J connectivity index is 1.57. The van der Waals surface area contributed by atoms with Crippen LogP contribution in [-0.2, 0) is 13.0 Å². The molecule has 0 bridgehead atoms. The molecule has 6 nitrogen and oxygen atoms in total. The first-order valence-corrected chi connectivity index (χ1v) is 7.38. The van der Waals surface area contributed by atoms with Crippen molar-refractivity contribution in [1.29, 1.82) is 0 Å². The summed E-state index contributed by atoms with van der Waals surface area (Å²) in [6.45, 7) is 2.01. The molecule has 3 rings (SSSR count). The number of aromatic nitrogens is 2. The molecule has 1 aromatic carbocycles. The van der Waals surface area contributed by atoms with E-state index in [1.54, 1.807) is 17.9 Å². The third-order valence-corrected chi connectivity index (χ3v) is 3.61. The van der Waals surface area contributed by atoms with Crippen LogP contribution in [0.5, 0.6) is 11.6 Å². The van der Waals surface area contributed by atoms with Gasteiger partial charge in [0.25, 0.3) is 5.91 Å². The summed E-state index contributed by atoms with van der Waals surface area (Å²) in [5.41, 5.74) is 1.47. The van der Waals surface area contributed by atoms with E-state index in [4.69, 9.17) is 9.47 Å². The standard InChI is InChI=1S/C16H19N3O3/c1-21-14-6-3-2-5-12(14)7-8-17-16(20)13-11-15-19(18-13)9-4-10-22-15/h2-3,5-6,11H,4,7-10H2,1H3,(H,17,20). The van der Waals surface area contributed by atoms with Gasteiger partial charge in [0.15, 0.2) is 5.69 Å². The Morgan fingerprint density at radius 3 is 3.14 bits per heavy atom. The largest absolute Gasteiger partial charge is 0.496 e. The van der Waals surface area contributed by atoms with Crippen LogP contribution in [0, 0.1) is 0 Å². The predicted octanol–water partition coefficient (Wildman–Crippen LogP) is 1.65. The number of hydrogen-bond donors (Lipinski definition) is 1. The van der Waals surface area contributed by atoms with E-state index in [0.29, 0.717) is 31.1 Å². The Bertz CT molecular complexity index is 643. The van der Waals surface area contributed by atoms with E-state index in [9.17, 15) is 4.79 Å². The van der Waals surface area contributed by atoms with Crippen LogP contribution in [0.1, 0.15) is 22.5 Å². The van der Waals surface area contributed by atoms with E-state index >= 15 is 0 Å². The Kier molecular flexibility index (Phi) is 4.27. The summed E-state index contributed by atoms with van der Waals surface area (Å²) < 4.78 is 12.5. The first-order chi connectivity index (χ1) is 10.8. The quantitative estimate of drug-likeness (QED) is 0.912. The lowest BCUT2D eigenvalue weighted by molar-refractivity contribution is 0.0948. The molecule has 0 saturated heterocycles. The molecule has 0 atom stereocenters. The zero-order valence-corrected chi connectivity index (χ0v) is 12.5. The van der Waals surface area contributed by atoms with E-state index < -0.39 is 0 Å². The van der Waals surface area contributed by atoms with E-state index in [1.807, 2.05) is 24.3 Å². The van der Waals surface area contributed by atoms with E-state index in [2.05, 4.69) is 10.4 Å². The van der Waals surface area contributed by atoms with Gasteiger partial charge in [-0.3, -0.25) is 4.79 Å². The van der Waals surface area contributed by atoms with Crippen LogP contribution < -0.4 is 14.8 Å². The number of aryl methyl sites for hydroxylation is 1. The number of methoxy groups -OCH3 is 1. The number of hydrogen-bond acceptors (Lipinski definition) is 4. The normalized spacial score (nSPS) is 13.1. The number of amides is 1. The fourth-order valence-electron chi connectivity index (χ4n) is 2.49. The molecule has 0 saturated carbocycles. The highest BCUT2D eigenvalue weighted by molar-refractivity contribution is 5.92. The van der Waals surface area contributed by atoms with Crippen molar-refractivity contribution in [2.24, 2.45) is 0 Å². The summed E-state index contributed by atoms with van der Waals surface area (Å²) in [5, 5.41) is 7.15. The van der Waals surface area contributed by atoms with Crippen LogP contribution in [0.2, 0.25) is 0 Å². The molecular formula is C16H19N3O3. The van der Waals surface area contributed by atoms with Crippen molar-refractivity contribution < 1.29 is 14.3 Å². The number of rotatable bonds is 5. The maximum absolute atomic E-state index is 12.1. The molecule has 1 N–H and O–H groups in total. The van der Waals surface area contributed by atoms with Gasteiger partial charge < -0.3 is 14.8 Å². The molecule has 0 fully saturated rings. The van der Waals surface area contributed by atoms with Gasteiger partial charge in [-0.1, -0.05) is 18.2 Å². The topological polar surface area (TPSA) is 65.4 Å². The summed E-state index contributed by atoms with van der Waals surface area (Å²) in [5.74, 6) is 1.32. The van der Waals surface area contributed by atoms with Gasteiger partial charge in [0, 0.05) is 25.6 Å². The monoisotopic (exact) mass is 301 g/mol. The SMILES string of the molecule is COc1ccccc1CCNC(=O)c1cc2n(n1)CCCO2. The van der Waals surface area contributed by atoms with E-state index in [1.165, 1.54) is 0 Å². The third-order valence-electron chi connectivity index (χ3n) is 3.61. The van der Waals surface area contributed by atoms with Gasteiger partial charge in [-0.2, -0.15) is 5.10 Å². The fourth-order valence-corrected chi connectivity index (χ4v) is 2.49. The molecule has 0 aliphatic carbocycles. The van der Waals surface area contributed by atoms with Crippen molar-refractivity contribution in [2.75, 3.05) is 20.3 Å². The molecule has 2 heterocycles. The second-order valence-corrected chi connectivity index (χ2v) is 5.11. The molecule has 1 aromatic heterocycles. The minimum atomic E-state index is -0.180. The number of carbonyl (C=O) groups is 1. The first-order valence-electron chi connectivity index (χ1n) is 7.38. The summed E-state index contributed by atoms with van der Waals surface area (Å²) in [6.07, 6.45) is 1.63. The van der Waals surface area contributed by atoms with Gasteiger partial charge in [0.2, 0.25) is 5.88 Å². The Morgan fingerprint density at radius 1 is 1.45 bits per heavy atom. The lowest BCUT2D eigenvalue weighted by atomic mass is 10.1. The number of benzene rings is 1. The van der Waals surface area contributed by atoms with E-state index in [-0.39, 0.29) is 5.91 Å². The van der Waals surface area contributed by atoms with Gasteiger partial charge in [-0.15, -0.1) is 0 Å². The van der Waals surface area contributed by atoms with Crippen LogP contribution in [0.15, 0.2) is 30.3 Å². The minimum Gasteiger partial charge on any atom is -0.496 e. The Morgan fingerprint density at radius 2 is 2.32 bits per heavy atom. The second kappa shape index (κ2) is 6.51. The molecule has 0 spiro atoms. The van der Waals surface area contributed by atoms with Crippen molar-refractivity contribution in [3.8, 4) is 11.6 Å². The lowest BCUT2D eigenvalue weighted by Crippen LogP contribution is -2.26. The predicted molar refractivity (Wildman–Crippen MR) is 81.4 cm³/mol. The molecule has 0 radical (unpaired) electrons. The number of ether oxygens (including phenoxy) is 2. The maximum Gasteiger partial charge on any atom is 0.271 e. The van der Waals surface area contributed by atoms with Crippen molar-refractivity contribution in [3.63, 3.8) is 0 Å². The molecule has 0 unspecified atom stereocenters. The molecule has 116 valence electrons. The molecule has 1 amide bonds. The smallest absolute Gasteiger partial charge is 0.271 e. The van der Waals surface area contributed by atoms with Crippen LogP contribution in [-0.4, -0.2) is 35.9 Å². The summed E-state index contributed by atoms with van der Waals surface area (Å²) in [7, 11) is 1.65. The highest BCUT2D eigenvalue weighted by Gasteiger charge is 2.17. The second-order valence-electron chi connectivity index (χ2n) is 5.11. The van der Waals surface area contributed by atoms with Crippen molar-refractivity contribution in [2.45, 2.75) is 19.4 Å². The Hall–Kier alpha value is -2.50. The highest BCUT2D eigenvalue weighted by atomic mass is 16.5. The average molecular weight is 301 g/mol. The molecule has 1 aliphatic rings. The number of fused-ring (bicyclic) bond motifs is 1. The molecule has 1 aliphatic heterocycles. The number of nitrogens with zero attached hydrogens (tertiary/aromatic N) is 2. The minimum absolute atomic E-state index is 0.180. The lowest BCUT2D eigenvalue weighted by Gasteiger charge is -2.13. The molecular weight excluding hydrogens is 282 g/mol. The van der Waals surface area contributed by atoms with Crippen LogP contribution >= 0.6 is 0 Å². The van der Waals surface area contributed by atoms with Gasteiger partial charge in [-0.05, 0) is 18.1 Å². The Labute approximate surface area is 129 Å². The number of carbonyl (C=O) groups excluding carboxylic acids is 1. The highest BCUT2D eigenvalue weighted by Crippen LogP contribution is 2.19. The molecule has 2 aromatic rings. The number of para-hydroxylation sites is 1. The van der Waals surface area contributed by atoms with Gasteiger partial charge in [-0.25, -0.2) is 4.68 Å². The fraction of sp³-hybridized carbons (Fsp3) is 0.375. The van der Waals surface area contributed by atoms with Crippen LogP contribution in [0.4, 0.5) is 0 Å². The van der Waals surface area contributed by atoms with E-state index in [0.717, 1.165) is 24.3 Å². The summed E-state index contributed by atoms with van der Waals surface area (Å²) in [6, 6.07) is 9.49. The van der Waals surface area contributed by atoms with Gasteiger partial charge in [0.1, 0.15) is 5.75 Å². The zero-order valence-electron chi connectivity index (χ0n) is 12.5. The third kappa shape index (κ3) is 3.05. The molecule has 22 heavy (non-hydrogen) atoms. The van der Waals surface area contributed by atoms with Crippen molar-refractivity contribution in [1.82, 2.24) is 15.1 Å². The van der Waals surface area contributed by atoms with Crippen LogP contribution in [0.3, 0.4) is 0 Å². The first kappa shape index (κ1) is 14.4. The number of nitrogens with one attached hydrogen (secondary N) is 1. The van der Waals surface area contributed by atoms with Crippen molar-refractivity contribution in [3.05, 3.63) is 41.6 Å². The van der Waals surface area contributed by atoms with Crippen LogP contribution in [0.25, 0.3) is 0 Å². The average Bonchev–Trinajstić information content (AvgIpc) is 2.99. The maximum atomic E-state index is 12.1. The summed E-state index contributed by atoms with van der Waals surface area (Å²) in [4.78, 5) is 12.1. The molecule has 6 heteroatoms. The van der Waals surface area contributed by atoms with Gasteiger partial charge >= 0.3 is 0 Å². The summed E-state index contributed by atoms with van der Waals surface area (Å²) >= 11 is 0. The van der Waals surface area contributed by atoms with Gasteiger partial charge in [0.05, 0.1) is 13.7 Å². The zero-order chi connectivity index (χ0) is 15.4.